The summed E-state index contributed by atoms with van der Waals surface area (Å²) in [7, 11) is 0. The van der Waals surface area contributed by atoms with Crippen LogP contribution in [0.3, 0.4) is 0 Å². The maximum absolute atomic E-state index is 9.25. The molecule has 0 bridgehead atoms. The van der Waals surface area contributed by atoms with Gasteiger partial charge in [-0.05, 0) is 13.3 Å². The predicted molar refractivity (Wildman–Crippen MR) is 50.3 cm³/mol. The Hall–Kier alpha value is -0.120. The average Bonchev–Trinajstić information content (AvgIpc) is 2.31. The molecule has 0 aromatic rings. The smallest absolute Gasteiger partial charge is 0.0798 e. The molecule has 3 aliphatic heterocycles. The third kappa shape index (κ3) is 0.694. The van der Waals surface area contributed by atoms with Crippen LogP contribution in [0.15, 0.2) is 0 Å². The Balaban J connectivity index is 1.88. The second-order valence-corrected chi connectivity index (χ2v) is 4.97. The molecule has 3 fully saturated rings. The zero-order valence-electron chi connectivity index (χ0n) is 8.40. The molecule has 0 amide bonds. The van der Waals surface area contributed by atoms with Crippen LogP contribution in [-0.4, -0.2) is 52.3 Å². The molecule has 3 heteroatoms. The Morgan fingerprint density at radius 2 is 2.08 bits per heavy atom. The minimum Gasteiger partial charge on any atom is -0.395 e. The Morgan fingerprint density at radius 1 is 1.31 bits per heavy atom. The minimum atomic E-state index is 0.331. The average molecular weight is 182 g/mol. The zero-order chi connectivity index (χ0) is 9.22. The quantitative estimate of drug-likeness (QED) is 0.623. The molecule has 3 heterocycles. The Labute approximate surface area is 79.3 Å². The van der Waals surface area contributed by atoms with E-state index in [-0.39, 0.29) is 0 Å². The number of hydrogen-bond acceptors (Lipinski definition) is 3. The first-order valence-electron chi connectivity index (χ1n) is 5.34. The lowest BCUT2D eigenvalue weighted by atomic mass is 9.72. The molecule has 0 aromatic heterocycles. The van der Waals surface area contributed by atoms with Crippen LogP contribution >= 0.6 is 0 Å². The summed E-state index contributed by atoms with van der Waals surface area (Å²) >= 11 is 0. The van der Waals surface area contributed by atoms with Gasteiger partial charge in [0.2, 0.25) is 0 Å². The second-order valence-electron chi connectivity index (χ2n) is 4.97. The predicted octanol–water partition coefficient (Wildman–Crippen LogP) is 0.103. The summed E-state index contributed by atoms with van der Waals surface area (Å²) < 4.78 is 0. The molecular weight excluding hydrogens is 164 g/mol. The van der Waals surface area contributed by atoms with Crippen molar-refractivity contribution in [3.05, 3.63) is 0 Å². The summed E-state index contributed by atoms with van der Waals surface area (Å²) in [5.41, 5.74) is 0.382. The van der Waals surface area contributed by atoms with Crippen LogP contribution in [0, 0.1) is 5.92 Å². The van der Waals surface area contributed by atoms with Gasteiger partial charge in [-0.25, -0.2) is 0 Å². The van der Waals surface area contributed by atoms with Gasteiger partial charge in [0.1, 0.15) is 0 Å². The topological polar surface area (TPSA) is 26.7 Å². The molecule has 3 nitrogen and oxygen atoms in total. The van der Waals surface area contributed by atoms with E-state index in [4.69, 9.17) is 0 Å². The number of aliphatic hydroxyl groups is 1. The van der Waals surface area contributed by atoms with Crippen molar-refractivity contribution < 1.29 is 5.11 Å². The van der Waals surface area contributed by atoms with Crippen LogP contribution in [0.1, 0.15) is 20.3 Å². The van der Waals surface area contributed by atoms with Crippen LogP contribution in [-0.2, 0) is 0 Å². The summed E-state index contributed by atoms with van der Waals surface area (Å²) in [5.74, 6) is 0.806. The summed E-state index contributed by atoms with van der Waals surface area (Å²) in [4.78, 5) is 5.10. The van der Waals surface area contributed by atoms with Crippen LogP contribution in [0.2, 0.25) is 0 Å². The minimum absolute atomic E-state index is 0.331. The van der Waals surface area contributed by atoms with E-state index in [0.717, 1.165) is 18.5 Å². The highest BCUT2D eigenvalue weighted by molar-refractivity contribution is 5.19. The van der Waals surface area contributed by atoms with Gasteiger partial charge in [-0.2, -0.15) is 0 Å². The summed E-state index contributed by atoms with van der Waals surface area (Å²) in [6.07, 6.45) is 1.31. The van der Waals surface area contributed by atoms with Crippen molar-refractivity contribution in [1.82, 2.24) is 9.80 Å². The van der Waals surface area contributed by atoms with E-state index >= 15 is 0 Å². The molecule has 3 saturated heterocycles. The molecule has 13 heavy (non-hydrogen) atoms. The van der Waals surface area contributed by atoms with Gasteiger partial charge < -0.3 is 5.11 Å². The van der Waals surface area contributed by atoms with Crippen molar-refractivity contribution in [2.45, 2.75) is 38.0 Å². The van der Waals surface area contributed by atoms with Crippen molar-refractivity contribution in [2.24, 2.45) is 5.92 Å². The first-order chi connectivity index (χ1) is 6.20. The van der Waals surface area contributed by atoms with Crippen molar-refractivity contribution >= 4 is 0 Å². The van der Waals surface area contributed by atoms with Gasteiger partial charge >= 0.3 is 0 Å². The molecule has 0 aromatic carbocycles. The maximum Gasteiger partial charge on any atom is 0.0798 e. The molecule has 4 unspecified atom stereocenters. The van der Waals surface area contributed by atoms with Crippen LogP contribution in [0.4, 0.5) is 0 Å². The van der Waals surface area contributed by atoms with E-state index in [1.54, 1.807) is 0 Å². The molecule has 0 aliphatic carbocycles. The molecular formula is C10H18N2O. The lowest BCUT2D eigenvalue weighted by Gasteiger charge is -2.66. The monoisotopic (exact) mass is 182 g/mol. The normalized spacial score (nSPS) is 55.2. The van der Waals surface area contributed by atoms with E-state index in [0.29, 0.717) is 18.3 Å². The summed E-state index contributed by atoms with van der Waals surface area (Å²) in [6.45, 7) is 7.25. The molecule has 74 valence electrons. The number of nitrogens with zero attached hydrogens (tertiary/aromatic N) is 2. The number of rotatable bonds is 1. The van der Waals surface area contributed by atoms with Crippen molar-refractivity contribution in [3.8, 4) is 0 Å². The van der Waals surface area contributed by atoms with E-state index in [1.165, 1.54) is 13.0 Å². The molecule has 0 radical (unpaired) electrons. The fourth-order valence-corrected chi connectivity index (χ4v) is 3.75. The van der Waals surface area contributed by atoms with Crippen molar-refractivity contribution in [1.29, 1.82) is 0 Å². The third-order valence-electron chi connectivity index (χ3n) is 4.44. The highest BCUT2D eigenvalue weighted by Crippen LogP contribution is 2.56. The number of hydrogen-bond donors (Lipinski definition) is 1. The molecule has 1 spiro atoms. The number of aliphatic hydroxyl groups excluding tert-OH is 1. The van der Waals surface area contributed by atoms with Crippen molar-refractivity contribution in [3.63, 3.8) is 0 Å². The van der Waals surface area contributed by atoms with Gasteiger partial charge in [-0.15, -0.1) is 0 Å². The largest absolute Gasteiger partial charge is 0.395 e. The summed E-state index contributed by atoms with van der Waals surface area (Å²) in [5, 5.41) is 9.25. The van der Waals surface area contributed by atoms with Crippen LogP contribution < -0.4 is 0 Å². The van der Waals surface area contributed by atoms with Gasteiger partial charge in [-0.1, -0.05) is 6.92 Å². The Kier molecular flexibility index (Phi) is 1.43. The molecule has 3 aliphatic rings. The first-order valence-corrected chi connectivity index (χ1v) is 5.34. The van der Waals surface area contributed by atoms with Gasteiger partial charge in [-0.3, -0.25) is 9.80 Å². The Bertz CT molecular complexity index is 241. The summed E-state index contributed by atoms with van der Waals surface area (Å²) in [6, 6.07) is 1.16. The van der Waals surface area contributed by atoms with E-state index in [1.807, 2.05) is 0 Å². The molecule has 0 saturated carbocycles. The molecule has 1 N–H and O–H groups in total. The van der Waals surface area contributed by atoms with Crippen molar-refractivity contribution in [2.75, 3.05) is 19.7 Å². The fourth-order valence-electron chi connectivity index (χ4n) is 3.75. The first kappa shape index (κ1) is 8.21. The van der Waals surface area contributed by atoms with E-state index in [9.17, 15) is 5.11 Å². The third-order valence-corrected chi connectivity index (χ3v) is 4.44. The van der Waals surface area contributed by atoms with Gasteiger partial charge in [0.15, 0.2) is 0 Å². The fraction of sp³-hybridized carbons (Fsp3) is 1.00. The SMILES string of the molecule is CC1CC23C(C)CN2C(CO)CN13. The highest BCUT2D eigenvalue weighted by atomic mass is 16.3. The molecule has 4 atom stereocenters. The van der Waals surface area contributed by atoms with E-state index in [2.05, 4.69) is 23.6 Å². The van der Waals surface area contributed by atoms with Gasteiger partial charge in [0, 0.05) is 31.1 Å². The van der Waals surface area contributed by atoms with Crippen LogP contribution in [0.5, 0.6) is 0 Å². The second kappa shape index (κ2) is 2.27. The highest BCUT2D eigenvalue weighted by Gasteiger charge is 2.68. The lowest BCUT2D eigenvalue weighted by molar-refractivity contribution is -0.217. The Morgan fingerprint density at radius 3 is 2.54 bits per heavy atom. The standard InChI is InChI=1S/C10H18N2O/c1-7-4-12-9(6-13)5-11-8(2)3-10(7,11)12/h7-9,13H,3-6H2,1-2H3. The van der Waals surface area contributed by atoms with Crippen LogP contribution in [0.25, 0.3) is 0 Å². The maximum atomic E-state index is 9.25. The molecule has 3 rings (SSSR count). The van der Waals surface area contributed by atoms with Gasteiger partial charge in [0.05, 0.1) is 12.3 Å². The van der Waals surface area contributed by atoms with E-state index < -0.39 is 0 Å². The van der Waals surface area contributed by atoms with Gasteiger partial charge in [0.25, 0.3) is 0 Å². The lowest BCUT2D eigenvalue weighted by Crippen LogP contribution is -2.78. The zero-order valence-corrected chi connectivity index (χ0v) is 8.40.